The van der Waals surface area contributed by atoms with E-state index in [0.29, 0.717) is 12.1 Å². The summed E-state index contributed by atoms with van der Waals surface area (Å²) in [5.41, 5.74) is -3.60. The lowest BCUT2D eigenvalue weighted by molar-refractivity contribution is -0.124. The average molecular weight is 289 g/mol. The molecule has 1 amide bonds. The number of carbonyl (C=O) groups excluding carboxylic acids is 1. The second-order valence-electron chi connectivity index (χ2n) is 3.80. The van der Waals surface area contributed by atoms with Crippen molar-refractivity contribution in [2.24, 2.45) is 0 Å². The van der Waals surface area contributed by atoms with Crippen molar-refractivity contribution in [3.05, 3.63) is 35.9 Å². The molecule has 0 spiro atoms. The van der Waals surface area contributed by atoms with E-state index in [9.17, 15) is 18.0 Å². The molecule has 1 rings (SSSR count). The molecule has 0 radical (unpaired) electrons. The molecule has 1 aromatic rings. The van der Waals surface area contributed by atoms with E-state index in [0.717, 1.165) is 0 Å². The maximum Gasteiger partial charge on any atom is 0.446 e. The largest absolute Gasteiger partial charge is 0.446 e. The van der Waals surface area contributed by atoms with Crippen molar-refractivity contribution in [2.75, 3.05) is 13.6 Å². The molecule has 0 bridgehead atoms. The second-order valence-corrected chi connectivity index (χ2v) is 4.94. The molecule has 2 nitrogen and oxygen atoms in total. The van der Waals surface area contributed by atoms with Gasteiger partial charge in [-0.1, -0.05) is 12.1 Å². The number of thioether (sulfide) groups is 1. The molecule has 19 heavy (non-hydrogen) atoms. The minimum Gasteiger partial charge on any atom is -0.343 e. The minimum atomic E-state index is -4.28. The van der Waals surface area contributed by atoms with Crippen LogP contribution in [0.4, 0.5) is 13.2 Å². The molecule has 0 N–H and O–H groups in total. The summed E-state index contributed by atoms with van der Waals surface area (Å²) < 4.78 is 36.4. The van der Waals surface area contributed by atoms with Crippen molar-refractivity contribution in [1.82, 2.24) is 4.90 Å². The van der Waals surface area contributed by atoms with Gasteiger partial charge in [0.1, 0.15) is 0 Å². The van der Waals surface area contributed by atoms with Crippen LogP contribution in [0.15, 0.2) is 35.2 Å². The van der Waals surface area contributed by atoms with Gasteiger partial charge in [-0.05, 0) is 42.5 Å². The van der Waals surface area contributed by atoms with Gasteiger partial charge in [-0.25, -0.2) is 0 Å². The van der Waals surface area contributed by atoms with Crippen molar-refractivity contribution in [1.29, 1.82) is 0 Å². The Kier molecular flexibility index (Phi) is 5.47. The Morgan fingerprint density at radius 3 is 2.37 bits per heavy atom. The van der Waals surface area contributed by atoms with Crippen molar-refractivity contribution in [3.63, 3.8) is 0 Å². The number of benzene rings is 1. The molecular formula is C13H14F3NOS. The molecule has 0 aliphatic carbocycles. The van der Waals surface area contributed by atoms with Gasteiger partial charge in [-0.15, -0.1) is 0 Å². The van der Waals surface area contributed by atoms with Gasteiger partial charge in [0.2, 0.25) is 5.91 Å². The second kappa shape index (κ2) is 6.65. The monoisotopic (exact) mass is 289 g/mol. The first kappa shape index (κ1) is 15.6. The van der Waals surface area contributed by atoms with E-state index in [1.807, 2.05) is 6.92 Å². The summed E-state index contributed by atoms with van der Waals surface area (Å²) in [6.07, 6.45) is 2.98. The lowest BCUT2D eigenvalue weighted by Crippen LogP contribution is -2.23. The molecule has 0 saturated carbocycles. The molecule has 0 aromatic heterocycles. The van der Waals surface area contributed by atoms with Crippen LogP contribution in [0, 0.1) is 0 Å². The summed E-state index contributed by atoms with van der Waals surface area (Å²) in [7, 11) is 1.68. The molecule has 0 heterocycles. The molecule has 6 heteroatoms. The summed E-state index contributed by atoms with van der Waals surface area (Å²) in [5, 5.41) is 0. The Bertz CT molecular complexity index is 454. The van der Waals surface area contributed by atoms with Gasteiger partial charge >= 0.3 is 5.51 Å². The quantitative estimate of drug-likeness (QED) is 0.621. The summed E-state index contributed by atoms with van der Waals surface area (Å²) >= 11 is -0.157. The number of halogens is 3. The summed E-state index contributed by atoms with van der Waals surface area (Å²) in [6.45, 7) is 2.46. The fourth-order valence-corrected chi connectivity index (χ4v) is 1.77. The van der Waals surface area contributed by atoms with Gasteiger partial charge in [-0.2, -0.15) is 13.2 Å². The average Bonchev–Trinajstić information content (AvgIpc) is 2.34. The van der Waals surface area contributed by atoms with Gasteiger partial charge in [-0.3, -0.25) is 4.79 Å². The molecule has 1 aromatic carbocycles. The minimum absolute atomic E-state index is 0.127. The first-order valence-corrected chi connectivity index (χ1v) is 6.42. The predicted octanol–water partition coefficient (Wildman–Crippen LogP) is 3.79. The Morgan fingerprint density at radius 1 is 1.32 bits per heavy atom. The topological polar surface area (TPSA) is 20.3 Å². The maximum atomic E-state index is 12.1. The normalized spacial score (nSPS) is 11.8. The number of rotatable bonds is 4. The Labute approximate surface area is 114 Å². The first-order valence-electron chi connectivity index (χ1n) is 5.61. The molecule has 0 aliphatic rings. The van der Waals surface area contributed by atoms with E-state index >= 15 is 0 Å². The van der Waals surface area contributed by atoms with Crippen molar-refractivity contribution >= 4 is 23.7 Å². The summed E-state index contributed by atoms with van der Waals surface area (Å²) in [5.74, 6) is -0.142. The zero-order valence-corrected chi connectivity index (χ0v) is 11.4. The number of amides is 1. The highest BCUT2D eigenvalue weighted by Crippen LogP contribution is 2.36. The van der Waals surface area contributed by atoms with Crippen LogP contribution in [0.2, 0.25) is 0 Å². The molecule has 0 aliphatic heterocycles. The van der Waals surface area contributed by atoms with E-state index < -0.39 is 5.51 Å². The SMILES string of the molecule is CCN(C)C(=O)/C=C/c1ccc(SC(F)(F)F)cc1. The van der Waals surface area contributed by atoms with E-state index in [1.54, 1.807) is 25.3 Å². The lowest BCUT2D eigenvalue weighted by atomic mass is 10.2. The number of hydrogen-bond acceptors (Lipinski definition) is 2. The molecular weight excluding hydrogens is 275 g/mol. The number of hydrogen-bond donors (Lipinski definition) is 0. The Morgan fingerprint density at radius 2 is 1.89 bits per heavy atom. The number of nitrogens with zero attached hydrogens (tertiary/aromatic N) is 1. The van der Waals surface area contributed by atoms with Gasteiger partial charge in [0.25, 0.3) is 0 Å². The van der Waals surface area contributed by atoms with Crippen molar-refractivity contribution < 1.29 is 18.0 Å². The van der Waals surface area contributed by atoms with E-state index in [4.69, 9.17) is 0 Å². The molecule has 0 unspecified atom stereocenters. The fourth-order valence-electron chi connectivity index (χ4n) is 1.23. The van der Waals surface area contributed by atoms with Gasteiger partial charge in [0.05, 0.1) is 0 Å². The van der Waals surface area contributed by atoms with Gasteiger partial charge in [0, 0.05) is 24.6 Å². The van der Waals surface area contributed by atoms with Crippen LogP contribution in [-0.2, 0) is 4.79 Å². The molecule has 0 saturated heterocycles. The first-order chi connectivity index (χ1) is 8.81. The smallest absolute Gasteiger partial charge is 0.343 e. The van der Waals surface area contributed by atoms with Crippen LogP contribution in [0.5, 0.6) is 0 Å². The third-order valence-electron chi connectivity index (χ3n) is 2.38. The molecule has 104 valence electrons. The summed E-state index contributed by atoms with van der Waals surface area (Å²) in [6, 6.07) is 5.85. The highest BCUT2D eigenvalue weighted by atomic mass is 32.2. The van der Waals surface area contributed by atoms with Crippen LogP contribution in [0.1, 0.15) is 12.5 Å². The Hall–Kier alpha value is -1.43. The number of alkyl halides is 3. The van der Waals surface area contributed by atoms with Crippen molar-refractivity contribution in [2.45, 2.75) is 17.3 Å². The third kappa shape index (κ3) is 5.83. The number of likely N-dealkylation sites (N-methyl/N-ethyl adjacent to an activating group) is 1. The maximum absolute atomic E-state index is 12.1. The van der Waals surface area contributed by atoms with Crippen LogP contribution >= 0.6 is 11.8 Å². The van der Waals surface area contributed by atoms with E-state index in [-0.39, 0.29) is 22.6 Å². The Balaban J connectivity index is 2.67. The highest BCUT2D eigenvalue weighted by molar-refractivity contribution is 8.00. The van der Waals surface area contributed by atoms with E-state index in [1.165, 1.54) is 23.1 Å². The van der Waals surface area contributed by atoms with E-state index in [2.05, 4.69) is 0 Å². The third-order valence-corrected chi connectivity index (χ3v) is 3.12. The van der Waals surface area contributed by atoms with Crippen LogP contribution in [-0.4, -0.2) is 29.9 Å². The lowest BCUT2D eigenvalue weighted by Gasteiger charge is -2.10. The van der Waals surface area contributed by atoms with Gasteiger partial charge in [0.15, 0.2) is 0 Å². The van der Waals surface area contributed by atoms with Crippen LogP contribution < -0.4 is 0 Å². The highest BCUT2D eigenvalue weighted by Gasteiger charge is 2.28. The summed E-state index contributed by atoms with van der Waals surface area (Å²) in [4.78, 5) is 13.1. The van der Waals surface area contributed by atoms with Gasteiger partial charge < -0.3 is 4.90 Å². The predicted molar refractivity (Wildman–Crippen MR) is 70.7 cm³/mol. The van der Waals surface area contributed by atoms with Crippen LogP contribution in [0.25, 0.3) is 6.08 Å². The fraction of sp³-hybridized carbons (Fsp3) is 0.308. The zero-order chi connectivity index (χ0) is 14.5. The van der Waals surface area contributed by atoms with Crippen molar-refractivity contribution in [3.8, 4) is 0 Å². The van der Waals surface area contributed by atoms with Crippen LogP contribution in [0.3, 0.4) is 0 Å². The number of carbonyl (C=O) groups is 1. The zero-order valence-electron chi connectivity index (χ0n) is 10.6. The standard InChI is InChI=1S/C13H14F3NOS/c1-3-17(2)12(18)9-6-10-4-7-11(8-5-10)19-13(14,15)16/h4-9H,3H2,1-2H3/b9-6+. The molecule has 0 fully saturated rings. The molecule has 0 atom stereocenters.